The largest absolute Gasteiger partial charge is 0.480 e. The zero-order chi connectivity index (χ0) is 19.4. The van der Waals surface area contributed by atoms with Crippen LogP contribution in [0.5, 0.6) is 5.75 Å². The number of anilines is 1. The van der Waals surface area contributed by atoms with E-state index in [9.17, 15) is 19.5 Å². The Labute approximate surface area is 156 Å². The number of hydrogen-bond donors (Lipinski definition) is 2. The molecule has 1 heterocycles. The molecule has 0 saturated carbocycles. The number of benzene rings is 2. The molecule has 0 aliphatic carbocycles. The first-order chi connectivity index (χ1) is 13.0. The standard InChI is InChI=1S/C20H20N2O5/c1-13-19(24)22(16-9-5-6-10-17(16)27-13)12-18(23)21-15(20(25)26)11-14-7-3-2-4-8-14/h2-10,13,15H,11-12H2,1H3,(H,21,23)(H,25,26)/t13?,15-/m0/s1. The van der Waals surface area contributed by atoms with Crippen LogP contribution >= 0.6 is 0 Å². The van der Waals surface area contributed by atoms with Crippen molar-refractivity contribution in [1.82, 2.24) is 5.32 Å². The van der Waals surface area contributed by atoms with E-state index >= 15 is 0 Å². The van der Waals surface area contributed by atoms with Gasteiger partial charge in [-0.1, -0.05) is 42.5 Å². The second kappa shape index (κ2) is 7.90. The average molecular weight is 368 g/mol. The molecular weight excluding hydrogens is 348 g/mol. The highest BCUT2D eigenvalue weighted by atomic mass is 16.5. The summed E-state index contributed by atoms with van der Waals surface area (Å²) in [6.45, 7) is 1.33. The molecule has 0 fully saturated rings. The van der Waals surface area contributed by atoms with Crippen LogP contribution in [0, 0.1) is 0 Å². The average Bonchev–Trinajstić information content (AvgIpc) is 2.65. The monoisotopic (exact) mass is 368 g/mol. The van der Waals surface area contributed by atoms with Crippen molar-refractivity contribution < 1.29 is 24.2 Å². The van der Waals surface area contributed by atoms with E-state index in [1.165, 1.54) is 4.90 Å². The highest BCUT2D eigenvalue weighted by Gasteiger charge is 2.33. The number of carboxylic acid groups (broad SMARTS) is 1. The zero-order valence-corrected chi connectivity index (χ0v) is 14.8. The van der Waals surface area contributed by atoms with Crippen LogP contribution in [0.1, 0.15) is 12.5 Å². The number of nitrogens with zero attached hydrogens (tertiary/aromatic N) is 1. The highest BCUT2D eigenvalue weighted by molar-refractivity contribution is 6.04. The van der Waals surface area contributed by atoms with E-state index in [2.05, 4.69) is 5.32 Å². The van der Waals surface area contributed by atoms with Crippen molar-refractivity contribution in [3.63, 3.8) is 0 Å². The van der Waals surface area contributed by atoms with E-state index in [0.717, 1.165) is 5.56 Å². The van der Waals surface area contributed by atoms with Crippen molar-refractivity contribution >= 4 is 23.5 Å². The summed E-state index contributed by atoms with van der Waals surface area (Å²) in [6.07, 6.45) is -0.557. The number of ether oxygens (including phenoxy) is 1. The fourth-order valence-corrected chi connectivity index (χ4v) is 2.96. The van der Waals surface area contributed by atoms with Crippen molar-refractivity contribution in [3.8, 4) is 5.75 Å². The van der Waals surface area contributed by atoms with Crippen LogP contribution in [0.25, 0.3) is 0 Å². The molecule has 0 radical (unpaired) electrons. The molecule has 3 rings (SSSR count). The van der Waals surface area contributed by atoms with Gasteiger partial charge in [0, 0.05) is 6.42 Å². The minimum atomic E-state index is -1.13. The number of carbonyl (C=O) groups is 3. The fraction of sp³-hybridized carbons (Fsp3) is 0.250. The SMILES string of the molecule is CC1Oc2ccccc2N(CC(=O)N[C@@H](Cc2ccccc2)C(=O)O)C1=O. The summed E-state index contributed by atoms with van der Waals surface area (Å²) in [7, 11) is 0. The van der Waals surface area contributed by atoms with Gasteiger partial charge in [-0.3, -0.25) is 14.5 Å². The number of aliphatic carboxylic acids is 1. The van der Waals surface area contributed by atoms with Crippen LogP contribution in [0.2, 0.25) is 0 Å². The van der Waals surface area contributed by atoms with Gasteiger partial charge in [-0.15, -0.1) is 0 Å². The number of nitrogens with one attached hydrogen (secondary N) is 1. The van der Waals surface area contributed by atoms with Gasteiger partial charge in [0.15, 0.2) is 6.10 Å². The highest BCUT2D eigenvalue weighted by Crippen LogP contribution is 2.33. The number of rotatable bonds is 6. The maximum Gasteiger partial charge on any atom is 0.326 e. The molecule has 2 aromatic rings. The van der Waals surface area contributed by atoms with Gasteiger partial charge >= 0.3 is 5.97 Å². The molecule has 1 aliphatic heterocycles. The van der Waals surface area contributed by atoms with E-state index < -0.39 is 24.0 Å². The molecule has 0 bridgehead atoms. The minimum absolute atomic E-state index is 0.159. The molecule has 140 valence electrons. The first-order valence-corrected chi connectivity index (χ1v) is 8.59. The molecule has 0 aromatic heterocycles. The van der Waals surface area contributed by atoms with E-state index in [1.807, 2.05) is 6.07 Å². The second-order valence-corrected chi connectivity index (χ2v) is 6.30. The summed E-state index contributed by atoms with van der Waals surface area (Å²) in [5.74, 6) is -1.51. The number of carbonyl (C=O) groups excluding carboxylic acids is 2. The van der Waals surface area contributed by atoms with Crippen molar-refractivity contribution in [2.75, 3.05) is 11.4 Å². The third kappa shape index (κ3) is 4.25. The number of amides is 2. The molecule has 0 saturated heterocycles. The zero-order valence-electron chi connectivity index (χ0n) is 14.8. The van der Waals surface area contributed by atoms with E-state index in [4.69, 9.17) is 4.74 Å². The lowest BCUT2D eigenvalue weighted by atomic mass is 10.1. The number of para-hydroxylation sites is 2. The molecule has 1 unspecified atom stereocenters. The molecule has 7 nitrogen and oxygen atoms in total. The predicted molar refractivity (Wildman–Crippen MR) is 98.6 cm³/mol. The normalized spacial score (nSPS) is 16.9. The van der Waals surface area contributed by atoms with Gasteiger partial charge in [0.25, 0.3) is 5.91 Å². The lowest BCUT2D eigenvalue weighted by Crippen LogP contribution is -2.51. The van der Waals surface area contributed by atoms with Crippen LogP contribution in [0.4, 0.5) is 5.69 Å². The van der Waals surface area contributed by atoms with Gasteiger partial charge in [-0.2, -0.15) is 0 Å². The maximum atomic E-state index is 12.5. The van der Waals surface area contributed by atoms with Gasteiger partial charge in [0.1, 0.15) is 18.3 Å². The first kappa shape index (κ1) is 18.4. The number of fused-ring (bicyclic) bond motifs is 1. The Balaban J connectivity index is 1.72. The van der Waals surface area contributed by atoms with Gasteiger partial charge < -0.3 is 15.2 Å². The minimum Gasteiger partial charge on any atom is -0.480 e. The lowest BCUT2D eigenvalue weighted by molar-refractivity contribution is -0.141. The molecule has 2 amide bonds. The molecule has 2 N–H and O–H groups in total. The smallest absolute Gasteiger partial charge is 0.326 e. The van der Waals surface area contributed by atoms with Crippen LogP contribution in [-0.4, -0.2) is 41.6 Å². The van der Waals surface area contributed by atoms with Crippen molar-refractivity contribution in [3.05, 3.63) is 60.2 Å². The Hall–Kier alpha value is -3.35. The van der Waals surface area contributed by atoms with Crippen LogP contribution in [0.3, 0.4) is 0 Å². The van der Waals surface area contributed by atoms with Gasteiger partial charge in [-0.25, -0.2) is 4.79 Å². The number of hydrogen-bond acceptors (Lipinski definition) is 4. The Morgan fingerprint density at radius 2 is 1.81 bits per heavy atom. The van der Waals surface area contributed by atoms with Crippen LogP contribution in [-0.2, 0) is 20.8 Å². The summed E-state index contributed by atoms with van der Waals surface area (Å²) in [4.78, 5) is 37.8. The van der Waals surface area contributed by atoms with Gasteiger partial charge in [-0.05, 0) is 24.6 Å². The Kier molecular flexibility index (Phi) is 5.40. The second-order valence-electron chi connectivity index (χ2n) is 6.30. The fourth-order valence-electron chi connectivity index (χ4n) is 2.96. The van der Waals surface area contributed by atoms with Crippen molar-refractivity contribution in [2.24, 2.45) is 0 Å². The summed E-state index contributed by atoms with van der Waals surface area (Å²) < 4.78 is 5.54. The summed E-state index contributed by atoms with van der Waals surface area (Å²) >= 11 is 0. The van der Waals surface area contributed by atoms with Gasteiger partial charge in [0.2, 0.25) is 5.91 Å². The molecule has 2 aromatic carbocycles. The maximum absolute atomic E-state index is 12.5. The molecule has 2 atom stereocenters. The third-order valence-electron chi connectivity index (χ3n) is 4.29. The quantitative estimate of drug-likeness (QED) is 0.808. The third-order valence-corrected chi connectivity index (χ3v) is 4.29. The lowest BCUT2D eigenvalue weighted by Gasteiger charge is -2.32. The molecule has 7 heteroatoms. The first-order valence-electron chi connectivity index (χ1n) is 8.59. The molecule has 27 heavy (non-hydrogen) atoms. The van der Waals surface area contributed by atoms with Crippen LogP contribution < -0.4 is 15.0 Å². The topological polar surface area (TPSA) is 95.9 Å². The van der Waals surface area contributed by atoms with E-state index in [0.29, 0.717) is 11.4 Å². The van der Waals surface area contributed by atoms with Crippen molar-refractivity contribution in [2.45, 2.75) is 25.5 Å². The summed E-state index contributed by atoms with van der Waals surface area (Å²) in [5.41, 5.74) is 1.29. The van der Waals surface area contributed by atoms with E-state index in [-0.39, 0.29) is 18.9 Å². The van der Waals surface area contributed by atoms with E-state index in [1.54, 1.807) is 55.5 Å². The van der Waals surface area contributed by atoms with Crippen LogP contribution in [0.15, 0.2) is 54.6 Å². The Morgan fingerprint density at radius 3 is 2.52 bits per heavy atom. The molecular formula is C20H20N2O5. The number of carboxylic acids is 1. The van der Waals surface area contributed by atoms with Gasteiger partial charge in [0.05, 0.1) is 5.69 Å². The molecule has 1 aliphatic rings. The predicted octanol–water partition coefficient (Wildman–Crippen LogP) is 1.61. The van der Waals surface area contributed by atoms with Crippen molar-refractivity contribution in [1.29, 1.82) is 0 Å². The Morgan fingerprint density at radius 1 is 1.15 bits per heavy atom. The Bertz CT molecular complexity index is 852. The summed E-state index contributed by atoms with van der Waals surface area (Å²) in [6, 6.07) is 14.9. The molecule has 0 spiro atoms. The summed E-state index contributed by atoms with van der Waals surface area (Å²) in [5, 5.41) is 11.9.